The van der Waals surface area contributed by atoms with Gasteiger partial charge in [-0.05, 0) is 42.5 Å². The highest BCUT2D eigenvalue weighted by Crippen LogP contribution is 2.36. The predicted octanol–water partition coefficient (Wildman–Crippen LogP) is 4.08. The van der Waals surface area contributed by atoms with Crippen LogP contribution in [0.2, 0.25) is 5.02 Å². The van der Waals surface area contributed by atoms with Crippen molar-refractivity contribution in [2.75, 3.05) is 4.90 Å². The highest BCUT2D eigenvalue weighted by atomic mass is 35.5. The Hall–Kier alpha value is -1.56. The lowest BCUT2D eigenvalue weighted by Gasteiger charge is -2.14. The molecule has 1 fully saturated rings. The molecule has 0 radical (unpaired) electrons. The lowest BCUT2D eigenvalue weighted by Crippen LogP contribution is -2.27. The highest BCUT2D eigenvalue weighted by molar-refractivity contribution is 8.27. The van der Waals surface area contributed by atoms with Crippen LogP contribution in [0.4, 0.5) is 5.69 Å². The monoisotopic (exact) mass is 334 g/mol. The minimum Gasteiger partial charge on any atom is -0.351 e. The second kappa shape index (κ2) is 5.67. The van der Waals surface area contributed by atoms with E-state index >= 15 is 0 Å². The summed E-state index contributed by atoms with van der Waals surface area (Å²) < 4.78 is 2.48. The van der Waals surface area contributed by atoms with Gasteiger partial charge in [-0.25, -0.2) is 0 Å². The van der Waals surface area contributed by atoms with Crippen LogP contribution in [0.3, 0.4) is 0 Å². The second-order valence-electron chi connectivity index (χ2n) is 4.54. The zero-order chi connectivity index (χ0) is 15.0. The molecule has 0 bridgehead atoms. The van der Waals surface area contributed by atoms with Gasteiger partial charge in [-0.2, -0.15) is 0 Å². The summed E-state index contributed by atoms with van der Waals surface area (Å²) in [7, 11) is 1.94. The summed E-state index contributed by atoms with van der Waals surface area (Å²) in [5.41, 5.74) is 1.70. The third kappa shape index (κ3) is 2.77. The molecule has 0 spiro atoms. The van der Waals surface area contributed by atoms with Crippen molar-refractivity contribution in [1.29, 1.82) is 0 Å². The normalized spacial score (nSPS) is 17.0. The maximum absolute atomic E-state index is 12.5. The Labute approximate surface area is 137 Å². The molecule has 2 heterocycles. The molecule has 6 heteroatoms. The Morgan fingerprint density at radius 1 is 1.24 bits per heavy atom. The van der Waals surface area contributed by atoms with Gasteiger partial charge >= 0.3 is 0 Å². The molecule has 0 unspecified atom stereocenters. The van der Waals surface area contributed by atoms with Crippen molar-refractivity contribution in [2.24, 2.45) is 7.05 Å². The van der Waals surface area contributed by atoms with Gasteiger partial charge in [-0.15, -0.1) is 0 Å². The number of thioether (sulfide) groups is 1. The molecule has 1 aromatic heterocycles. The van der Waals surface area contributed by atoms with Crippen molar-refractivity contribution in [1.82, 2.24) is 4.57 Å². The average Bonchev–Trinajstić information content (AvgIpc) is 2.97. The lowest BCUT2D eigenvalue weighted by atomic mass is 10.3. The topological polar surface area (TPSA) is 25.2 Å². The summed E-state index contributed by atoms with van der Waals surface area (Å²) in [6.45, 7) is 0. The zero-order valence-corrected chi connectivity index (χ0v) is 13.5. The molecule has 1 amide bonds. The first-order chi connectivity index (χ1) is 10.1. The summed E-state index contributed by atoms with van der Waals surface area (Å²) >= 11 is 12.5. The fraction of sp³-hybridized carbons (Fsp3) is 0.0667. The fourth-order valence-electron chi connectivity index (χ4n) is 2.04. The van der Waals surface area contributed by atoms with Crippen molar-refractivity contribution in [3.63, 3.8) is 0 Å². The molecule has 1 aromatic carbocycles. The number of amides is 1. The Kier molecular flexibility index (Phi) is 3.89. The molecule has 1 saturated heterocycles. The van der Waals surface area contributed by atoms with Crippen LogP contribution in [0.5, 0.6) is 0 Å². The van der Waals surface area contributed by atoms with E-state index in [1.807, 2.05) is 36.0 Å². The van der Waals surface area contributed by atoms with E-state index in [4.69, 9.17) is 23.8 Å². The Bertz CT molecular complexity index is 749. The second-order valence-corrected chi connectivity index (χ2v) is 6.65. The number of hydrogen-bond acceptors (Lipinski definition) is 3. The van der Waals surface area contributed by atoms with E-state index in [2.05, 4.69) is 0 Å². The quantitative estimate of drug-likeness (QED) is 0.611. The van der Waals surface area contributed by atoms with Crippen LogP contribution in [0.15, 0.2) is 47.5 Å². The van der Waals surface area contributed by atoms with Gasteiger partial charge in [0.05, 0.1) is 10.6 Å². The molecule has 1 aliphatic rings. The van der Waals surface area contributed by atoms with Crippen molar-refractivity contribution in [3.8, 4) is 0 Å². The van der Waals surface area contributed by atoms with Gasteiger partial charge in [0, 0.05) is 24.0 Å². The number of aromatic nitrogens is 1. The van der Waals surface area contributed by atoms with E-state index in [-0.39, 0.29) is 5.91 Å². The first kappa shape index (κ1) is 14.4. The Morgan fingerprint density at radius 2 is 1.95 bits per heavy atom. The van der Waals surface area contributed by atoms with E-state index in [9.17, 15) is 4.79 Å². The minimum atomic E-state index is -0.103. The van der Waals surface area contributed by atoms with E-state index < -0.39 is 0 Å². The number of hydrogen-bond donors (Lipinski definition) is 0. The maximum atomic E-state index is 12.5. The van der Waals surface area contributed by atoms with E-state index in [1.54, 1.807) is 24.3 Å². The van der Waals surface area contributed by atoms with Crippen LogP contribution in [0.1, 0.15) is 5.69 Å². The molecule has 106 valence electrons. The lowest BCUT2D eigenvalue weighted by molar-refractivity contribution is -0.113. The number of nitrogens with zero attached hydrogens (tertiary/aromatic N) is 2. The molecule has 0 saturated carbocycles. The van der Waals surface area contributed by atoms with Crippen LogP contribution in [0, 0.1) is 0 Å². The highest BCUT2D eigenvalue weighted by Gasteiger charge is 2.33. The minimum absolute atomic E-state index is 0.103. The van der Waals surface area contributed by atoms with Gasteiger partial charge in [0.25, 0.3) is 5.91 Å². The molecule has 0 aliphatic carbocycles. The van der Waals surface area contributed by atoms with Crippen LogP contribution in [0.25, 0.3) is 6.08 Å². The van der Waals surface area contributed by atoms with Crippen molar-refractivity contribution < 1.29 is 4.79 Å². The molecular weight excluding hydrogens is 324 g/mol. The van der Waals surface area contributed by atoms with Crippen molar-refractivity contribution >= 4 is 57.6 Å². The third-order valence-electron chi connectivity index (χ3n) is 3.14. The smallest absolute Gasteiger partial charge is 0.270 e. The molecule has 3 nitrogen and oxygen atoms in total. The van der Waals surface area contributed by atoms with Crippen LogP contribution >= 0.6 is 35.6 Å². The summed E-state index contributed by atoms with van der Waals surface area (Å²) in [5, 5.41) is 0.628. The molecule has 3 rings (SSSR count). The summed E-state index contributed by atoms with van der Waals surface area (Å²) in [6.07, 6.45) is 3.79. The zero-order valence-electron chi connectivity index (χ0n) is 11.1. The number of rotatable bonds is 2. The number of halogens is 1. The van der Waals surface area contributed by atoms with E-state index in [1.165, 1.54) is 16.7 Å². The van der Waals surface area contributed by atoms with Crippen molar-refractivity contribution in [2.45, 2.75) is 0 Å². The third-order valence-corrected chi connectivity index (χ3v) is 4.70. The number of anilines is 1. The van der Waals surface area contributed by atoms with E-state index in [0.29, 0.717) is 14.2 Å². The first-order valence-corrected chi connectivity index (χ1v) is 7.81. The molecule has 0 atom stereocenters. The van der Waals surface area contributed by atoms with Gasteiger partial charge in [-0.1, -0.05) is 35.6 Å². The number of benzene rings is 1. The number of carbonyl (C=O) groups is 1. The first-order valence-electron chi connectivity index (χ1n) is 6.21. The maximum Gasteiger partial charge on any atom is 0.270 e. The van der Waals surface area contributed by atoms with Gasteiger partial charge in [0.1, 0.15) is 0 Å². The van der Waals surface area contributed by atoms with Crippen LogP contribution in [-0.4, -0.2) is 14.8 Å². The van der Waals surface area contributed by atoms with Gasteiger partial charge < -0.3 is 4.57 Å². The van der Waals surface area contributed by atoms with Gasteiger partial charge in [-0.3, -0.25) is 9.69 Å². The average molecular weight is 335 g/mol. The van der Waals surface area contributed by atoms with E-state index in [0.717, 1.165) is 11.4 Å². The number of thiocarbonyl (C=S) groups is 1. The molecule has 0 N–H and O–H groups in total. The van der Waals surface area contributed by atoms with Gasteiger partial charge in [0.2, 0.25) is 0 Å². The fourth-order valence-corrected chi connectivity index (χ4v) is 3.45. The Balaban J connectivity index is 1.94. The molecule has 21 heavy (non-hydrogen) atoms. The van der Waals surface area contributed by atoms with Crippen LogP contribution < -0.4 is 4.90 Å². The SMILES string of the molecule is Cn1cccc1/C=C1\SC(=S)N(c2ccc(Cl)cc2)C1=O. The summed E-state index contributed by atoms with van der Waals surface area (Å²) in [5.74, 6) is -0.103. The largest absolute Gasteiger partial charge is 0.351 e. The predicted molar refractivity (Wildman–Crippen MR) is 92.5 cm³/mol. The summed E-state index contributed by atoms with van der Waals surface area (Å²) in [4.78, 5) is 14.7. The molecule has 1 aliphatic heterocycles. The molecule has 2 aromatic rings. The molecular formula is C15H11ClN2OS2. The standard InChI is InChI=1S/C15H11ClN2OS2/c1-17-8-2-3-12(17)9-13-14(19)18(15(20)21-13)11-6-4-10(16)5-7-11/h2-9H,1H3/b13-9-. The van der Waals surface area contributed by atoms with Crippen molar-refractivity contribution in [3.05, 3.63) is 58.2 Å². The number of carbonyl (C=O) groups excluding carboxylic acids is 1. The van der Waals surface area contributed by atoms with Crippen LogP contribution in [-0.2, 0) is 11.8 Å². The number of aryl methyl sites for hydroxylation is 1. The van der Waals surface area contributed by atoms with Gasteiger partial charge in [0.15, 0.2) is 4.32 Å². The Morgan fingerprint density at radius 3 is 2.57 bits per heavy atom. The summed E-state index contributed by atoms with van der Waals surface area (Å²) in [6, 6.07) is 11.0.